The number of aliphatic hydroxyl groups is 1. The molecule has 2 aromatic carbocycles. The quantitative estimate of drug-likeness (QED) is 0.122. The molecule has 70 heavy (non-hydrogen) atoms. The molecule has 14 atom stereocenters. The van der Waals surface area contributed by atoms with Crippen LogP contribution in [-0.2, 0) is 47.5 Å². The van der Waals surface area contributed by atoms with Crippen molar-refractivity contribution in [3.05, 3.63) is 83.5 Å². The first-order valence-electron chi connectivity index (χ1n) is 24.4. The molecule has 6 aliphatic rings. The molecule has 2 saturated carbocycles. The van der Waals surface area contributed by atoms with Gasteiger partial charge in [-0.2, -0.15) is 0 Å². The Balaban J connectivity index is 1.28. The molecule has 16 nitrogen and oxygen atoms in total. The van der Waals surface area contributed by atoms with Crippen LogP contribution in [0.3, 0.4) is 0 Å². The second-order valence-electron chi connectivity index (χ2n) is 22.1. The minimum absolute atomic E-state index is 0.0153. The van der Waals surface area contributed by atoms with Crippen LogP contribution in [0.15, 0.2) is 72.3 Å². The molecule has 5 fully saturated rings. The Bertz CT molecular complexity index is 2390. The monoisotopic (exact) mass is 973 g/mol. The summed E-state index contributed by atoms with van der Waals surface area (Å²) in [6, 6.07) is 12.8. The van der Waals surface area contributed by atoms with Crippen LogP contribution in [0.4, 0.5) is 4.79 Å². The van der Waals surface area contributed by atoms with Gasteiger partial charge in [-0.3, -0.25) is 9.69 Å². The fourth-order valence-electron chi connectivity index (χ4n) is 13.0. The van der Waals surface area contributed by atoms with Crippen LogP contribution in [0.1, 0.15) is 118 Å². The van der Waals surface area contributed by atoms with Gasteiger partial charge in [0.15, 0.2) is 24.2 Å². The first-order chi connectivity index (χ1) is 32.9. The van der Waals surface area contributed by atoms with Crippen LogP contribution in [0.25, 0.3) is 0 Å². The predicted octanol–water partition coefficient (Wildman–Crippen LogP) is 8.04. The van der Waals surface area contributed by atoms with Crippen molar-refractivity contribution < 1.29 is 71.7 Å². The minimum atomic E-state index is -1.72. The molecule has 3 heterocycles. The number of nitrogens with zero attached hydrogens (tertiary/aromatic N) is 1. The maximum atomic E-state index is 15.3. The van der Waals surface area contributed by atoms with Gasteiger partial charge in [-0.25, -0.2) is 14.4 Å². The standard InChI is InChI=1S/C54H71NO15/c1-15-40-65-38-25-39-54(27-63-39,69-31(6)56)43-45(68-47(57)32-19-17-16-18-20-32)53(51(10,11)60)26-37(29(4)41(53)30(5)44(66-40)52(38,43)12)64-48(58)42-35(23-28(2)3)55(49(59)70-50(7,8)9)46(67-42)34-22-21-33(61-13)24-36(34)62-14/h15-22,24,28,30,35,37-40,42-46,60H,1,23,25-27H2,2-14H3/t30-,35?,37-,38-,39?,40?,42+,43-,44-,45-,46?,52+,53-,54-/m0/s1. The van der Waals surface area contributed by atoms with Crippen molar-refractivity contribution in [3.8, 4) is 11.5 Å². The molecule has 3 aliphatic carbocycles. The van der Waals surface area contributed by atoms with E-state index in [1.165, 1.54) is 26.0 Å². The number of esters is 3. The lowest BCUT2D eigenvalue weighted by atomic mass is 9.49. The summed E-state index contributed by atoms with van der Waals surface area (Å²) < 4.78 is 64.0. The second-order valence-corrected chi connectivity index (χ2v) is 22.1. The molecule has 0 spiro atoms. The number of hydrogen-bond donors (Lipinski definition) is 1. The van der Waals surface area contributed by atoms with Gasteiger partial charge in [-0.1, -0.05) is 52.5 Å². The summed E-state index contributed by atoms with van der Waals surface area (Å²) in [7, 11) is 3.03. The highest BCUT2D eigenvalue weighted by Gasteiger charge is 2.80. The number of carbonyl (C=O) groups excluding carboxylic acids is 4. The van der Waals surface area contributed by atoms with Crippen molar-refractivity contribution in [1.29, 1.82) is 0 Å². The van der Waals surface area contributed by atoms with Crippen LogP contribution in [0.5, 0.6) is 11.5 Å². The number of methoxy groups -OCH3 is 2. The molecule has 16 heteroatoms. The number of hydrogen-bond acceptors (Lipinski definition) is 15. The van der Waals surface area contributed by atoms with Crippen LogP contribution in [0, 0.1) is 28.6 Å². The van der Waals surface area contributed by atoms with Gasteiger partial charge in [-0.15, -0.1) is 0 Å². The van der Waals surface area contributed by atoms with Crippen molar-refractivity contribution in [2.45, 2.75) is 167 Å². The van der Waals surface area contributed by atoms with Gasteiger partial charge >= 0.3 is 24.0 Å². The maximum Gasteiger partial charge on any atom is 0.413 e. The Morgan fingerprint density at radius 3 is 2.24 bits per heavy atom. The van der Waals surface area contributed by atoms with Crippen molar-refractivity contribution in [3.63, 3.8) is 0 Å². The van der Waals surface area contributed by atoms with Crippen molar-refractivity contribution in [1.82, 2.24) is 4.90 Å². The van der Waals surface area contributed by atoms with Gasteiger partial charge in [0.05, 0.1) is 61.6 Å². The zero-order chi connectivity index (χ0) is 51.0. The molecule has 1 amide bonds. The van der Waals surface area contributed by atoms with Gasteiger partial charge in [-0.05, 0) is 95.4 Å². The van der Waals surface area contributed by atoms with Crippen molar-refractivity contribution in [2.24, 2.45) is 28.6 Å². The summed E-state index contributed by atoms with van der Waals surface area (Å²) in [5.74, 6) is -2.59. The minimum Gasteiger partial charge on any atom is -0.497 e. The molecular weight excluding hydrogens is 903 g/mol. The van der Waals surface area contributed by atoms with E-state index >= 15 is 4.79 Å². The largest absolute Gasteiger partial charge is 0.497 e. The van der Waals surface area contributed by atoms with Crippen molar-refractivity contribution >= 4 is 24.0 Å². The highest BCUT2D eigenvalue weighted by atomic mass is 16.7. The van der Waals surface area contributed by atoms with Crippen LogP contribution >= 0.6 is 0 Å². The third-order valence-corrected chi connectivity index (χ3v) is 15.8. The number of ether oxygens (including phenoxy) is 10. The van der Waals surface area contributed by atoms with Gasteiger partial charge in [0.2, 0.25) is 0 Å². The zero-order valence-electron chi connectivity index (χ0n) is 42.8. The predicted molar refractivity (Wildman–Crippen MR) is 253 cm³/mol. The van der Waals surface area contributed by atoms with Crippen molar-refractivity contribution in [2.75, 3.05) is 20.8 Å². The van der Waals surface area contributed by atoms with Crippen LogP contribution < -0.4 is 9.47 Å². The van der Waals surface area contributed by atoms with E-state index < -0.39 is 119 Å². The normalized spacial score (nSPS) is 35.6. The average molecular weight is 974 g/mol. The van der Waals surface area contributed by atoms with Gasteiger partial charge in [0.25, 0.3) is 0 Å². The molecule has 8 rings (SSSR count). The van der Waals surface area contributed by atoms with E-state index in [4.69, 9.17) is 47.4 Å². The SMILES string of the molecule is C=CC1O[C@H]2CC3OC[C@@]3(OC(C)=O)[C@H]3[C@H](OC(=O)c4ccccc4)[C@]4(C(C)(C)O)C[C@H](OC(=O)[C@@H]5OC(c6ccc(OC)cc6OC)N(C(=O)OC(C)(C)C)C5CC(C)C)C(C)=C4[C@H](C)[C@H](O1)[C@]23C. The number of amides is 1. The summed E-state index contributed by atoms with van der Waals surface area (Å²) in [5, 5.41) is 13.1. The molecule has 3 saturated heterocycles. The molecular formula is C54H71NO15. The lowest BCUT2D eigenvalue weighted by Crippen LogP contribution is -2.80. The molecule has 0 radical (unpaired) electrons. The smallest absolute Gasteiger partial charge is 0.413 e. The zero-order valence-corrected chi connectivity index (χ0v) is 42.8. The summed E-state index contributed by atoms with van der Waals surface area (Å²) >= 11 is 0. The highest BCUT2D eigenvalue weighted by Crippen LogP contribution is 2.71. The van der Waals surface area contributed by atoms with Crippen LogP contribution in [0.2, 0.25) is 0 Å². The van der Waals surface area contributed by atoms with E-state index in [-0.39, 0.29) is 24.5 Å². The topological polar surface area (TPSA) is 184 Å². The van der Waals surface area contributed by atoms with E-state index in [2.05, 4.69) is 6.58 Å². The first kappa shape index (κ1) is 51.4. The van der Waals surface area contributed by atoms with Gasteiger partial charge < -0.3 is 52.5 Å². The lowest BCUT2D eigenvalue weighted by Gasteiger charge is -2.67. The molecule has 4 unspecified atom stereocenters. The Kier molecular flexibility index (Phi) is 13.6. The third-order valence-electron chi connectivity index (χ3n) is 15.8. The lowest BCUT2D eigenvalue weighted by molar-refractivity contribution is -0.391. The van der Waals surface area contributed by atoms with E-state index in [1.54, 1.807) is 89.2 Å². The Labute approximate surface area is 411 Å². The van der Waals surface area contributed by atoms with E-state index in [0.29, 0.717) is 41.1 Å². The van der Waals surface area contributed by atoms with Gasteiger partial charge in [0, 0.05) is 42.7 Å². The summed E-state index contributed by atoms with van der Waals surface area (Å²) in [6.45, 7) is 23.8. The summed E-state index contributed by atoms with van der Waals surface area (Å²) in [4.78, 5) is 59.3. The van der Waals surface area contributed by atoms with Crippen LogP contribution in [-0.4, -0.2) is 121 Å². The molecule has 1 N–H and O–H groups in total. The molecule has 3 aliphatic heterocycles. The Morgan fingerprint density at radius 1 is 0.971 bits per heavy atom. The van der Waals surface area contributed by atoms with Gasteiger partial charge in [0.1, 0.15) is 35.4 Å². The fourth-order valence-corrected chi connectivity index (χ4v) is 13.0. The second kappa shape index (κ2) is 18.6. The highest BCUT2D eigenvalue weighted by molar-refractivity contribution is 5.89. The summed E-state index contributed by atoms with van der Waals surface area (Å²) in [5.41, 5.74) is -4.53. The first-order valence-corrected chi connectivity index (χ1v) is 24.4. The Morgan fingerprint density at radius 2 is 1.67 bits per heavy atom. The molecule has 2 aromatic rings. The molecule has 0 bridgehead atoms. The maximum absolute atomic E-state index is 15.3. The Hall–Kier alpha value is -5.00. The number of benzene rings is 2. The average Bonchev–Trinajstić information content (AvgIpc) is 3.78. The molecule has 382 valence electrons. The molecule has 0 aromatic heterocycles. The van der Waals surface area contributed by atoms with E-state index in [0.717, 1.165) is 0 Å². The van der Waals surface area contributed by atoms with E-state index in [9.17, 15) is 19.5 Å². The number of rotatable bonds is 12. The third kappa shape index (κ3) is 8.38. The van der Waals surface area contributed by atoms with E-state index in [1.807, 2.05) is 34.6 Å². The summed E-state index contributed by atoms with van der Waals surface area (Å²) in [6.07, 6.45) is -6.05. The fraction of sp³-hybridized carbons (Fsp3) is 0.630. The number of fused-ring (bicyclic) bond motifs is 3. The number of carbonyl (C=O) groups is 4.